The van der Waals surface area contributed by atoms with E-state index in [2.05, 4.69) is 5.32 Å². The van der Waals surface area contributed by atoms with E-state index in [0.29, 0.717) is 44.0 Å². The standard InChI is InChI=1S/C19H20FN3O4/c20-16-4-2-1-3-14(16)7-8-21-19(24)15-5-6-17(18(13-15)23(25)26)22-9-11-27-12-10-22/h1-6,13H,7-12H2,(H,21,24). The number of hydrogen-bond acceptors (Lipinski definition) is 5. The number of anilines is 1. The van der Waals surface area contributed by atoms with Crippen LogP contribution in [-0.4, -0.2) is 43.7 Å². The van der Waals surface area contributed by atoms with Gasteiger partial charge in [-0.05, 0) is 30.2 Å². The molecule has 1 amide bonds. The molecule has 0 spiro atoms. The van der Waals surface area contributed by atoms with Gasteiger partial charge in [0.05, 0.1) is 18.1 Å². The summed E-state index contributed by atoms with van der Waals surface area (Å²) in [5.74, 6) is -0.750. The average molecular weight is 373 g/mol. The monoisotopic (exact) mass is 373 g/mol. The molecule has 7 nitrogen and oxygen atoms in total. The van der Waals surface area contributed by atoms with E-state index in [1.807, 2.05) is 4.90 Å². The first kappa shape index (κ1) is 18.8. The Morgan fingerprint density at radius 1 is 1.22 bits per heavy atom. The highest BCUT2D eigenvalue weighted by Crippen LogP contribution is 2.29. The molecule has 0 bridgehead atoms. The summed E-state index contributed by atoms with van der Waals surface area (Å²) in [4.78, 5) is 25.2. The Bertz CT molecular complexity index is 837. The molecular formula is C19H20FN3O4. The summed E-state index contributed by atoms with van der Waals surface area (Å²) in [6.07, 6.45) is 0.340. The minimum Gasteiger partial charge on any atom is -0.378 e. The van der Waals surface area contributed by atoms with Crippen molar-refractivity contribution >= 4 is 17.3 Å². The molecule has 0 aliphatic carbocycles. The van der Waals surface area contributed by atoms with Crippen LogP contribution in [0.2, 0.25) is 0 Å². The zero-order chi connectivity index (χ0) is 19.2. The van der Waals surface area contributed by atoms with Crippen LogP contribution >= 0.6 is 0 Å². The number of nitro groups is 1. The van der Waals surface area contributed by atoms with Crippen LogP contribution in [0.4, 0.5) is 15.8 Å². The van der Waals surface area contributed by atoms with Crippen molar-refractivity contribution in [1.29, 1.82) is 0 Å². The first-order valence-corrected chi connectivity index (χ1v) is 8.69. The van der Waals surface area contributed by atoms with Crippen LogP contribution in [0.1, 0.15) is 15.9 Å². The Labute approximate surface area is 155 Å². The minimum atomic E-state index is -0.485. The van der Waals surface area contributed by atoms with Crippen molar-refractivity contribution in [3.8, 4) is 0 Å². The number of nitrogens with zero attached hydrogens (tertiary/aromatic N) is 2. The molecule has 3 rings (SSSR count). The first-order valence-electron chi connectivity index (χ1n) is 8.69. The highest BCUT2D eigenvalue weighted by atomic mass is 19.1. The van der Waals surface area contributed by atoms with E-state index in [9.17, 15) is 19.3 Å². The van der Waals surface area contributed by atoms with Gasteiger partial charge in [0, 0.05) is 31.3 Å². The molecule has 0 unspecified atom stereocenters. The van der Waals surface area contributed by atoms with E-state index in [4.69, 9.17) is 4.74 Å². The number of halogens is 1. The zero-order valence-corrected chi connectivity index (χ0v) is 14.7. The molecule has 0 atom stereocenters. The summed E-state index contributed by atoms with van der Waals surface area (Å²) in [6.45, 7) is 2.38. The highest BCUT2D eigenvalue weighted by Gasteiger charge is 2.23. The second-order valence-corrected chi connectivity index (χ2v) is 6.16. The fraction of sp³-hybridized carbons (Fsp3) is 0.316. The zero-order valence-electron chi connectivity index (χ0n) is 14.7. The molecule has 2 aromatic rings. The number of hydrogen-bond donors (Lipinski definition) is 1. The van der Waals surface area contributed by atoms with Crippen molar-refractivity contribution in [2.75, 3.05) is 37.7 Å². The maximum atomic E-state index is 13.6. The molecule has 0 radical (unpaired) electrons. The lowest BCUT2D eigenvalue weighted by molar-refractivity contribution is -0.384. The van der Waals surface area contributed by atoms with E-state index in [-0.39, 0.29) is 23.6 Å². The van der Waals surface area contributed by atoms with Gasteiger partial charge in [0.15, 0.2) is 0 Å². The van der Waals surface area contributed by atoms with Crippen molar-refractivity contribution in [3.05, 3.63) is 69.5 Å². The maximum absolute atomic E-state index is 13.6. The van der Waals surface area contributed by atoms with Crippen molar-refractivity contribution in [2.24, 2.45) is 0 Å². The van der Waals surface area contributed by atoms with Gasteiger partial charge in [0.2, 0.25) is 0 Å². The minimum absolute atomic E-state index is 0.112. The molecule has 0 aromatic heterocycles. The largest absolute Gasteiger partial charge is 0.378 e. The molecule has 2 aromatic carbocycles. The third-order valence-corrected chi connectivity index (χ3v) is 4.42. The second kappa shape index (κ2) is 8.59. The number of ether oxygens (including phenoxy) is 1. The van der Waals surface area contributed by atoms with E-state index < -0.39 is 10.8 Å². The third-order valence-electron chi connectivity index (χ3n) is 4.42. The third kappa shape index (κ3) is 4.59. The molecule has 1 fully saturated rings. The molecule has 1 aliphatic rings. The van der Waals surface area contributed by atoms with E-state index in [1.165, 1.54) is 12.1 Å². The molecule has 27 heavy (non-hydrogen) atoms. The smallest absolute Gasteiger partial charge is 0.293 e. The van der Waals surface area contributed by atoms with E-state index >= 15 is 0 Å². The van der Waals surface area contributed by atoms with Gasteiger partial charge in [-0.15, -0.1) is 0 Å². The lowest BCUT2D eigenvalue weighted by atomic mass is 10.1. The van der Waals surface area contributed by atoms with Crippen molar-refractivity contribution in [3.63, 3.8) is 0 Å². The van der Waals surface area contributed by atoms with Crippen molar-refractivity contribution < 1.29 is 18.8 Å². The average Bonchev–Trinajstić information content (AvgIpc) is 2.69. The number of carbonyl (C=O) groups excluding carboxylic acids is 1. The lowest BCUT2D eigenvalue weighted by Gasteiger charge is -2.28. The number of benzene rings is 2. The van der Waals surface area contributed by atoms with Gasteiger partial charge in [-0.3, -0.25) is 14.9 Å². The lowest BCUT2D eigenvalue weighted by Crippen LogP contribution is -2.36. The van der Waals surface area contributed by atoms with Crippen molar-refractivity contribution in [2.45, 2.75) is 6.42 Å². The number of nitrogens with one attached hydrogen (secondary N) is 1. The normalized spacial score (nSPS) is 14.0. The second-order valence-electron chi connectivity index (χ2n) is 6.16. The predicted octanol–water partition coefficient (Wildman–Crippen LogP) is 2.54. The van der Waals surface area contributed by atoms with Crippen LogP contribution in [0.15, 0.2) is 42.5 Å². The van der Waals surface area contributed by atoms with E-state index in [0.717, 1.165) is 0 Å². The summed E-state index contributed by atoms with van der Waals surface area (Å²) >= 11 is 0. The van der Waals surface area contributed by atoms with Gasteiger partial charge in [-0.1, -0.05) is 18.2 Å². The van der Waals surface area contributed by atoms with Gasteiger partial charge >= 0.3 is 0 Å². The van der Waals surface area contributed by atoms with Gasteiger partial charge < -0.3 is 15.0 Å². The van der Waals surface area contributed by atoms with Gasteiger partial charge in [-0.2, -0.15) is 0 Å². The van der Waals surface area contributed by atoms with Crippen LogP contribution in [-0.2, 0) is 11.2 Å². The Hall–Kier alpha value is -3.00. The number of rotatable bonds is 6. The fourth-order valence-corrected chi connectivity index (χ4v) is 3.00. The fourth-order valence-electron chi connectivity index (χ4n) is 3.00. The number of carbonyl (C=O) groups is 1. The van der Waals surface area contributed by atoms with Gasteiger partial charge in [-0.25, -0.2) is 4.39 Å². The molecule has 0 saturated carbocycles. The predicted molar refractivity (Wildman–Crippen MR) is 98.6 cm³/mol. The number of morpholine rings is 1. The van der Waals surface area contributed by atoms with Crippen molar-refractivity contribution in [1.82, 2.24) is 5.32 Å². The van der Waals surface area contributed by atoms with Crippen LogP contribution in [0.25, 0.3) is 0 Å². The first-order chi connectivity index (χ1) is 13.1. The Balaban J connectivity index is 1.68. The molecule has 1 N–H and O–H groups in total. The molecule has 8 heteroatoms. The Kier molecular flexibility index (Phi) is 5.97. The molecule has 1 aliphatic heterocycles. The Morgan fingerprint density at radius 2 is 1.96 bits per heavy atom. The Morgan fingerprint density at radius 3 is 2.67 bits per heavy atom. The highest BCUT2D eigenvalue weighted by molar-refractivity contribution is 5.95. The quantitative estimate of drug-likeness (QED) is 0.621. The summed E-state index contributed by atoms with van der Waals surface area (Å²) in [5.41, 5.74) is 1.07. The van der Waals surface area contributed by atoms with Gasteiger partial charge in [0.1, 0.15) is 11.5 Å². The number of amides is 1. The van der Waals surface area contributed by atoms with E-state index in [1.54, 1.807) is 30.3 Å². The molecule has 1 heterocycles. The molecular weight excluding hydrogens is 353 g/mol. The van der Waals surface area contributed by atoms with Crippen LogP contribution < -0.4 is 10.2 Å². The van der Waals surface area contributed by atoms with Crippen LogP contribution in [0.5, 0.6) is 0 Å². The molecule has 1 saturated heterocycles. The summed E-state index contributed by atoms with van der Waals surface area (Å²) in [5, 5.41) is 14.1. The van der Waals surface area contributed by atoms with Gasteiger partial charge in [0.25, 0.3) is 11.6 Å². The maximum Gasteiger partial charge on any atom is 0.293 e. The number of nitro benzene ring substituents is 1. The summed E-state index contributed by atoms with van der Waals surface area (Å²) in [7, 11) is 0. The molecule has 142 valence electrons. The van der Waals surface area contributed by atoms with Crippen LogP contribution in [0.3, 0.4) is 0 Å². The SMILES string of the molecule is O=C(NCCc1ccccc1F)c1ccc(N2CCOCC2)c([N+](=O)[O-])c1. The summed E-state index contributed by atoms with van der Waals surface area (Å²) < 4.78 is 18.9. The summed E-state index contributed by atoms with van der Waals surface area (Å²) in [6, 6.07) is 10.8. The van der Waals surface area contributed by atoms with Crippen LogP contribution in [0, 0.1) is 15.9 Å². The topological polar surface area (TPSA) is 84.7 Å².